The summed E-state index contributed by atoms with van der Waals surface area (Å²) in [4.78, 5) is 12.2. The van der Waals surface area contributed by atoms with Crippen molar-refractivity contribution in [1.82, 2.24) is 9.78 Å². The standard InChI is InChI=1S/C12H17ClN2O2/c1-2-4-15-12(10(13)7-14-15)11(16)6-9-3-5-17-8-9/h7,9H,2-6,8H2,1H3. The Morgan fingerprint density at radius 3 is 3.18 bits per heavy atom. The third kappa shape index (κ3) is 2.87. The molecule has 1 aliphatic rings. The Bertz CT molecular complexity index is 397. The first kappa shape index (κ1) is 12.6. The van der Waals surface area contributed by atoms with Gasteiger partial charge in [-0.2, -0.15) is 5.10 Å². The summed E-state index contributed by atoms with van der Waals surface area (Å²) >= 11 is 6.03. The van der Waals surface area contributed by atoms with Crippen LogP contribution >= 0.6 is 11.6 Å². The summed E-state index contributed by atoms with van der Waals surface area (Å²) in [5, 5.41) is 4.59. The molecule has 1 aromatic heterocycles. The molecule has 1 saturated heterocycles. The second kappa shape index (κ2) is 5.65. The molecule has 4 nitrogen and oxygen atoms in total. The zero-order valence-electron chi connectivity index (χ0n) is 9.99. The molecule has 1 fully saturated rings. The van der Waals surface area contributed by atoms with Crippen molar-refractivity contribution in [3.63, 3.8) is 0 Å². The normalized spacial score (nSPS) is 19.8. The number of ketones is 1. The van der Waals surface area contributed by atoms with E-state index in [-0.39, 0.29) is 5.78 Å². The number of carbonyl (C=O) groups is 1. The van der Waals surface area contributed by atoms with E-state index in [0.717, 1.165) is 26.0 Å². The topological polar surface area (TPSA) is 44.1 Å². The molecule has 0 aliphatic carbocycles. The predicted octanol–water partition coefficient (Wildman–Crippen LogP) is 2.56. The van der Waals surface area contributed by atoms with Gasteiger partial charge in [-0.15, -0.1) is 0 Å². The van der Waals surface area contributed by atoms with Gasteiger partial charge in [0.15, 0.2) is 5.78 Å². The van der Waals surface area contributed by atoms with Crippen LogP contribution in [0.4, 0.5) is 0 Å². The minimum atomic E-state index is 0.0800. The van der Waals surface area contributed by atoms with E-state index in [2.05, 4.69) is 12.0 Å². The number of hydrogen-bond donors (Lipinski definition) is 0. The van der Waals surface area contributed by atoms with Crippen molar-refractivity contribution in [3.05, 3.63) is 16.9 Å². The number of carbonyl (C=O) groups excluding carboxylic acids is 1. The number of nitrogens with zero attached hydrogens (tertiary/aromatic N) is 2. The highest BCUT2D eigenvalue weighted by Crippen LogP contribution is 2.23. The zero-order chi connectivity index (χ0) is 12.3. The maximum Gasteiger partial charge on any atom is 0.182 e. The fourth-order valence-electron chi connectivity index (χ4n) is 2.12. The Labute approximate surface area is 106 Å². The summed E-state index contributed by atoms with van der Waals surface area (Å²) in [6.07, 6.45) is 3.96. The summed E-state index contributed by atoms with van der Waals surface area (Å²) in [5.41, 5.74) is 0.556. The minimum Gasteiger partial charge on any atom is -0.381 e. The third-order valence-electron chi connectivity index (χ3n) is 2.99. The van der Waals surface area contributed by atoms with E-state index in [0.29, 0.717) is 29.7 Å². The molecule has 0 amide bonds. The fourth-order valence-corrected chi connectivity index (χ4v) is 2.37. The quantitative estimate of drug-likeness (QED) is 0.761. The van der Waals surface area contributed by atoms with E-state index in [4.69, 9.17) is 16.3 Å². The molecule has 0 N–H and O–H groups in total. The highest BCUT2D eigenvalue weighted by atomic mass is 35.5. The Hall–Kier alpha value is -0.870. The summed E-state index contributed by atoms with van der Waals surface area (Å²) in [6.45, 7) is 4.23. The molecule has 94 valence electrons. The van der Waals surface area contributed by atoms with Crippen molar-refractivity contribution in [2.45, 2.75) is 32.7 Å². The Morgan fingerprint density at radius 1 is 1.71 bits per heavy atom. The van der Waals surface area contributed by atoms with Crippen molar-refractivity contribution in [2.24, 2.45) is 5.92 Å². The molecule has 0 radical (unpaired) electrons. The number of rotatable bonds is 5. The van der Waals surface area contributed by atoms with Crippen LogP contribution in [0.3, 0.4) is 0 Å². The number of aromatic nitrogens is 2. The summed E-state index contributed by atoms with van der Waals surface area (Å²) in [7, 11) is 0. The molecule has 5 heteroatoms. The fraction of sp³-hybridized carbons (Fsp3) is 0.667. The van der Waals surface area contributed by atoms with Crippen LogP contribution < -0.4 is 0 Å². The highest BCUT2D eigenvalue weighted by Gasteiger charge is 2.23. The maximum absolute atomic E-state index is 12.2. The second-order valence-electron chi connectivity index (χ2n) is 4.42. The van der Waals surface area contributed by atoms with Gasteiger partial charge in [-0.05, 0) is 18.8 Å². The van der Waals surface area contributed by atoms with Gasteiger partial charge >= 0.3 is 0 Å². The third-order valence-corrected chi connectivity index (χ3v) is 3.27. The summed E-state index contributed by atoms with van der Waals surface area (Å²) in [6, 6.07) is 0. The SMILES string of the molecule is CCCn1ncc(Cl)c1C(=O)CC1CCOC1. The molecule has 17 heavy (non-hydrogen) atoms. The van der Waals surface area contributed by atoms with E-state index in [1.54, 1.807) is 10.9 Å². The van der Waals surface area contributed by atoms with E-state index in [1.807, 2.05) is 0 Å². The number of aryl methyl sites for hydroxylation is 1. The van der Waals surface area contributed by atoms with Crippen LogP contribution in [-0.4, -0.2) is 28.8 Å². The van der Waals surface area contributed by atoms with Gasteiger partial charge in [0.05, 0.1) is 11.2 Å². The van der Waals surface area contributed by atoms with Crippen molar-refractivity contribution in [2.75, 3.05) is 13.2 Å². The molecule has 1 aliphatic heterocycles. The monoisotopic (exact) mass is 256 g/mol. The van der Waals surface area contributed by atoms with E-state index in [1.165, 1.54) is 0 Å². The van der Waals surface area contributed by atoms with Gasteiger partial charge in [0.1, 0.15) is 5.69 Å². The van der Waals surface area contributed by atoms with Gasteiger partial charge in [-0.1, -0.05) is 18.5 Å². The predicted molar refractivity (Wildman–Crippen MR) is 65.4 cm³/mol. The molecule has 2 heterocycles. The molecule has 0 aromatic carbocycles. The number of Topliss-reactive ketones (excluding diaryl/α,β-unsaturated/α-hetero) is 1. The van der Waals surface area contributed by atoms with Gasteiger partial charge in [0.25, 0.3) is 0 Å². The maximum atomic E-state index is 12.2. The van der Waals surface area contributed by atoms with Gasteiger partial charge < -0.3 is 4.74 Å². The molecule has 1 unspecified atom stereocenters. The van der Waals surface area contributed by atoms with E-state index < -0.39 is 0 Å². The van der Waals surface area contributed by atoms with Gasteiger partial charge in [-0.3, -0.25) is 9.48 Å². The van der Waals surface area contributed by atoms with Crippen LogP contribution in [0.1, 0.15) is 36.7 Å². The molecular formula is C12H17ClN2O2. The minimum absolute atomic E-state index is 0.0800. The number of hydrogen-bond acceptors (Lipinski definition) is 3. The lowest BCUT2D eigenvalue weighted by molar-refractivity contribution is 0.0942. The molecule has 1 atom stereocenters. The smallest absolute Gasteiger partial charge is 0.182 e. The largest absolute Gasteiger partial charge is 0.381 e. The van der Waals surface area contributed by atoms with Crippen molar-refractivity contribution in [3.8, 4) is 0 Å². The Morgan fingerprint density at radius 2 is 2.53 bits per heavy atom. The summed E-state index contributed by atoms with van der Waals surface area (Å²) < 4.78 is 6.98. The van der Waals surface area contributed by atoms with Crippen molar-refractivity contribution >= 4 is 17.4 Å². The van der Waals surface area contributed by atoms with E-state index in [9.17, 15) is 4.79 Å². The number of halogens is 1. The average Bonchev–Trinajstić information content (AvgIpc) is 2.89. The molecular weight excluding hydrogens is 240 g/mol. The first-order valence-electron chi connectivity index (χ1n) is 6.04. The van der Waals surface area contributed by atoms with Crippen LogP contribution in [0.5, 0.6) is 0 Å². The van der Waals surface area contributed by atoms with Gasteiger partial charge in [0, 0.05) is 26.2 Å². The molecule has 0 saturated carbocycles. The Balaban J connectivity index is 2.09. The van der Waals surface area contributed by atoms with Crippen LogP contribution in [0, 0.1) is 5.92 Å². The lowest BCUT2D eigenvalue weighted by atomic mass is 10.0. The van der Waals surface area contributed by atoms with Crippen molar-refractivity contribution < 1.29 is 9.53 Å². The molecule has 0 spiro atoms. The summed E-state index contributed by atoms with van der Waals surface area (Å²) in [5.74, 6) is 0.417. The van der Waals surface area contributed by atoms with Crippen LogP contribution in [0.15, 0.2) is 6.20 Å². The molecule has 0 bridgehead atoms. The van der Waals surface area contributed by atoms with Gasteiger partial charge in [0.2, 0.25) is 0 Å². The zero-order valence-corrected chi connectivity index (χ0v) is 10.7. The van der Waals surface area contributed by atoms with Gasteiger partial charge in [-0.25, -0.2) is 0 Å². The van der Waals surface area contributed by atoms with Crippen LogP contribution in [-0.2, 0) is 11.3 Å². The van der Waals surface area contributed by atoms with E-state index >= 15 is 0 Å². The second-order valence-corrected chi connectivity index (χ2v) is 4.83. The lowest BCUT2D eigenvalue weighted by Gasteiger charge is -2.08. The highest BCUT2D eigenvalue weighted by molar-refractivity contribution is 6.33. The average molecular weight is 257 g/mol. The lowest BCUT2D eigenvalue weighted by Crippen LogP contribution is -2.15. The number of ether oxygens (including phenoxy) is 1. The Kier molecular flexibility index (Phi) is 4.18. The van der Waals surface area contributed by atoms with Crippen LogP contribution in [0.25, 0.3) is 0 Å². The van der Waals surface area contributed by atoms with Crippen molar-refractivity contribution in [1.29, 1.82) is 0 Å². The molecule has 2 rings (SSSR count). The molecule has 1 aromatic rings. The van der Waals surface area contributed by atoms with Crippen LogP contribution in [0.2, 0.25) is 5.02 Å². The first-order chi connectivity index (χ1) is 8.22. The first-order valence-corrected chi connectivity index (χ1v) is 6.42.